The number of rotatable bonds is 1. The molecule has 180 valence electrons. The van der Waals surface area contributed by atoms with Crippen molar-refractivity contribution in [2.24, 2.45) is 0 Å². The van der Waals surface area contributed by atoms with E-state index in [0.717, 1.165) is 5.46 Å². The second kappa shape index (κ2) is 6.83. The average molecular weight is 481 g/mol. The molecule has 1 saturated heterocycles. The Labute approximate surface area is 217 Å². The second-order valence-corrected chi connectivity index (χ2v) is 11.6. The second-order valence-electron chi connectivity index (χ2n) is 11.6. The van der Waals surface area contributed by atoms with Gasteiger partial charge < -0.3 is 13.9 Å². The minimum atomic E-state index is -0.404. The molecular formula is C33H28BNO2. The Hall–Kier alpha value is -3.60. The Kier molecular flexibility index (Phi) is 3.97. The first kappa shape index (κ1) is 21.5. The lowest BCUT2D eigenvalue weighted by molar-refractivity contribution is 0.00578. The molecule has 1 unspecified atom stereocenters. The molecule has 5 aromatic rings. The molecule has 3 nitrogen and oxygen atoms in total. The normalized spacial score (nSPS) is 21.8. The van der Waals surface area contributed by atoms with E-state index < -0.39 is 12.5 Å². The summed E-state index contributed by atoms with van der Waals surface area (Å²) in [6.07, 6.45) is 0. The zero-order valence-corrected chi connectivity index (χ0v) is 21.6. The fraction of sp³-hybridized carbons (Fsp3) is 0.212. The van der Waals surface area contributed by atoms with Crippen LogP contribution in [0.2, 0.25) is 0 Å². The van der Waals surface area contributed by atoms with Crippen LogP contribution in [0.5, 0.6) is 0 Å². The molecule has 4 heteroatoms. The van der Waals surface area contributed by atoms with E-state index in [-0.39, 0.29) is 11.2 Å². The molecule has 0 radical (unpaired) electrons. The van der Waals surface area contributed by atoms with Crippen LogP contribution in [-0.2, 0) is 14.7 Å². The monoisotopic (exact) mass is 481 g/mol. The quantitative estimate of drug-likeness (QED) is 0.247. The molecule has 1 aromatic heterocycles. The van der Waals surface area contributed by atoms with E-state index in [2.05, 4.69) is 129 Å². The Balaban J connectivity index is 1.46. The highest BCUT2D eigenvalue weighted by molar-refractivity contribution is 6.62. The van der Waals surface area contributed by atoms with E-state index in [4.69, 9.17) is 9.31 Å². The van der Waals surface area contributed by atoms with Crippen LogP contribution in [0.15, 0.2) is 97.1 Å². The molecule has 2 aliphatic heterocycles. The summed E-state index contributed by atoms with van der Waals surface area (Å²) < 4.78 is 15.5. The fourth-order valence-corrected chi connectivity index (χ4v) is 6.80. The number of para-hydroxylation sites is 2. The van der Waals surface area contributed by atoms with E-state index in [1.54, 1.807) is 0 Å². The molecule has 1 atom stereocenters. The summed E-state index contributed by atoms with van der Waals surface area (Å²) in [6, 6.07) is 35.7. The largest absolute Gasteiger partial charge is 0.494 e. The van der Waals surface area contributed by atoms with Crippen molar-refractivity contribution in [3.05, 3.63) is 119 Å². The minimum Gasteiger partial charge on any atom is -0.399 e. The molecule has 0 N–H and O–H groups in total. The lowest BCUT2D eigenvalue weighted by Gasteiger charge is -2.32. The lowest BCUT2D eigenvalue weighted by atomic mass is 9.69. The highest BCUT2D eigenvalue weighted by Crippen LogP contribution is 2.61. The van der Waals surface area contributed by atoms with Crippen LogP contribution in [0.4, 0.5) is 0 Å². The number of hydrogen-bond acceptors (Lipinski definition) is 2. The van der Waals surface area contributed by atoms with Crippen LogP contribution in [-0.4, -0.2) is 22.9 Å². The van der Waals surface area contributed by atoms with Crippen molar-refractivity contribution in [1.29, 1.82) is 0 Å². The summed E-state index contributed by atoms with van der Waals surface area (Å²) >= 11 is 0. The first-order chi connectivity index (χ1) is 17.8. The maximum Gasteiger partial charge on any atom is 0.494 e. The third-order valence-corrected chi connectivity index (χ3v) is 9.24. The maximum atomic E-state index is 6.50. The number of benzene rings is 4. The number of aromatic nitrogens is 1. The van der Waals surface area contributed by atoms with Gasteiger partial charge in [-0.3, -0.25) is 0 Å². The molecule has 0 saturated carbocycles. The van der Waals surface area contributed by atoms with Crippen LogP contribution in [0.1, 0.15) is 50.1 Å². The summed E-state index contributed by atoms with van der Waals surface area (Å²) in [4.78, 5) is 0. The van der Waals surface area contributed by atoms with Gasteiger partial charge in [-0.25, -0.2) is 0 Å². The van der Waals surface area contributed by atoms with Gasteiger partial charge in [0.1, 0.15) is 0 Å². The molecule has 1 spiro atoms. The van der Waals surface area contributed by atoms with Crippen LogP contribution < -0.4 is 5.46 Å². The summed E-state index contributed by atoms with van der Waals surface area (Å²) in [7, 11) is -0.404. The molecule has 3 aliphatic rings. The van der Waals surface area contributed by atoms with Crippen LogP contribution in [0.25, 0.3) is 27.7 Å². The molecule has 37 heavy (non-hydrogen) atoms. The van der Waals surface area contributed by atoms with Crippen molar-refractivity contribution in [2.45, 2.75) is 44.3 Å². The van der Waals surface area contributed by atoms with Crippen molar-refractivity contribution in [3.8, 4) is 16.8 Å². The van der Waals surface area contributed by atoms with E-state index in [0.29, 0.717) is 0 Å². The Morgan fingerprint density at radius 1 is 0.622 bits per heavy atom. The van der Waals surface area contributed by atoms with Gasteiger partial charge in [-0.1, -0.05) is 78.9 Å². The average Bonchev–Trinajstić information content (AvgIpc) is 3.56. The van der Waals surface area contributed by atoms with E-state index in [1.165, 1.54) is 50.1 Å². The molecule has 1 aliphatic carbocycles. The number of hydrogen-bond donors (Lipinski definition) is 0. The summed E-state index contributed by atoms with van der Waals surface area (Å²) in [5, 5.41) is 1.26. The van der Waals surface area contributed by atoms with E-state index >= 15 is 0 Å². The predicted molar refractivity (Wildman–Crippen MR) is 150 cm³/mol. The van der Waals surface area contributed by atoms with Crippen LogP contribution in [0, 0.1) is 0 Å². The Morgan fingerprint density at radius 3 is 2.08 bits per heavy atom. The van der Waals surface area contributed by atoms with E-state index in [9.17, 15) is 0 Å². The highest BCUT2D eigenvalue weighted by Gasteiger charge is 2.55. The predicted octanol–water partition coefficient (Wildman–Crippen LogP) is 6.61. The van der Waals surface area contributed by atoms with Crippen molar-refractivity contribution in [3.63, 3.8) is 0 Å². The van der Waals surface area contributed by atoms with Gasteiger partial charge in [0.2, 0.25) is 0 Å². The van der Waals surface area contributed by atoms with Crippen molar-refractivity contribution in [2.75, 3.05) is 0 Å². The van der Waals surface area contributed by atoms with Crippen molar-refractivity contribution >= 4 is 23.5 Å². The molecule has 3 heterocycles. The van der Waals surface area contributed by atoms with Gasteiger partial charge in [0.15, 0.2) is 0 Å². The number of fused-ring (bicyclic) bond motifs is 12. The smallest absolute Gasteiger partial charge is 0.399 e. The van der Waals surface area contributed by atoms with Gasteiger partial charge in [0.25, 0.3) is 0 Å². The molecule has 4 aromatic carbocycles. The summed E-state index contributed by atoms with van der Waals surface area (Å²) in [6.45, 7) is 8.46. The highest BCUT2D eigenvalue weighted by atomic mass is 16.7. The topological polar surface area (TPSA) is 23.4 Å². The first-order valence-corrected chi connectivity index (χ1v) is 13.1. The Morgan fingerprint density at radius 2 is 1.27 bits per heavy atom. The van der Waals surface area contributed by atoms with Crippen LogP contribution >= 0.6 is 0 Å². The SMILES string of the molecule is CC1(C)OB(c2ccc3c(c2)C2(c4ccccc4-3)c3ccccc3-n3c2cc2ccccc23)OC1(C)C. The lowest BCUT2D eigenvalue weighted by Crippen LogP contribution is -2.41. The maximum absolute atomic E-state index is 6.50. The van der Waals surface area contributed by atoms with Gasteiger partial charge in [-0.15, -0.1) is 0 Å². The molecular weight excluding hydrogens is 453 g/mol. The van der Waals surface area contributed by atoms with Gasteiger partial charge in [0, 0.05) is 11.1 Å². The zero-order valence-electron chi connectivity index (χ0n) is 21.6. The van der Waals surface area contributed by atoms with E-state index in [1.807, 2.05) is 0 Å². The zero-order chi connectivity index (χ0) is 25.2. The van der Waals surface area contributed by atoms with Crippen molar-refractivity contribution in [1.82, 2.24) is 4.57 Å². The van der Waals surface area contributed by atoms with Crippen LogP contribution in [0.3, 0.4) is 0 Å². The van der Waals surface area contributed by atoms with Gasteiger partial charge >= 0.3 is 7.12 Å². The van der Waals surface area contributed by atoms with Gasteiger partial charge in [0.05, 0.1) is 27.8 Å². The summed E-state index contributed by atoms with van der Waals surface area (Å²) in [5.74, 6) is 0. The molecule has 1 fully saturated rings. The molecule has 8 rings (SSSR count). The van der Waals surface area contributed by atoms with Gasteiger partial charge in [-0.05, 0) is 79.2 Å². The fourth-order valence-electron chi connectivity index (χ4n) is 6.80. The molecule has 0 bridgehead atoms. The standard InChI is InChI=1S/C33H28BNO2/c1-31(2)32(3,4)37-34(36-31)22-17-18-24-23-12-6-7-13-25(23)33(27(24)20-22)26-14-8-10-16-29(26)35-28-15-9-5-11-21(28)19-30(33)35/h5-20H,1-4H3. The third-order valence-electron chi connectivity index (χ3n) is 9.24. The number of nitrogens with zero attached hydrogens (tertiary/aromatic N) is 1. The third kappa shape index (κ3) is 2.50. The molecule has 0 amide bonds. The minimum absolute atomic E-state index is 0.385. The summed E-state index contributed by atoms with van der Waals surface area (Å²) in [5.41, 5.74) is 10.2. The van der Waals surface area contributed by atoms with Gasteiger partial charge in [-0.2, -0.15) is 0 Å². The Bertz CT molecular complexity index is 1750. The van der Waals surface area contributed by atoms with Crippen molar-refractivity contribution < 1.29 is 9.31 Å². The first-order valence-electron chi connectivity index (χ1n) is 13.1.